The van der Waals surface area contributed by atoms with Gasteiger partial charge in [-0.1, -0.05) is 5.21 Å². The molecule has 10 heteroatoms. The number of carbonyl (C=O) groups excluding carboxylic acids is 2. The summed E-state index contributed by atoms with van der Waals surface area (Å²) in [6, 6.07) is 0. The van der Waals surface area contributed by atoms with Crippen LogP contribution in [-0.2, 0) is 25.9 Å². The van der Waals surface area contributed by atoms with Gasteiger partial charge < -0.3 is 10.5 Å². The molecule has 9 nitrogen and oxygen atoms in total. The molecular formula is C9H14N4O5S. The van der Waals surface area contributed by atoms with Crippen LogP contribution in [0.15, 0.2) is 6.20 Å². The van der Waals surface area contributed by atoms with E-state index in [9.17, 15) is 18.0 Å². The monoisotopic (exact) mass is 290 g/mol. The molecule has 0 spiro atoms. The predicted molar refractivity (Wildman–Crippen MR) is 63.8 cm³/mol. The Labute approximate surface area is 109 Å². The minimum atomic E-state index is -3.40. The van der Waals surface area contributed by atoms with E-state index in [1.807, 2.05) is 0 Å². The molecule has 19 heavy (non-hydrogen) atoms. The van der Waals surface area contributed by atoms with E-state index in [4.69, 9.17) is 5.73 Å². The van der Waals surface area contributed by atoms with Crippen molar-refractivity contribution in [2.75, 3.05) is 18.6 Å². The summed E-state index contributed by atoms with van der Waals surface area (Å²) < 4.78 is 28.7. The maximum absolute atomic E-state index is 11.5. The average molecular weight is 290 g/mol. The molecular weight excluding hydrogens is 276 g/mol. The molecule has 0 saturated heterocycles. The van der Waals surface area contributed by atoms with Crippen molar-refractivity contribution in [2.45, 2.75) is 13.0 Å². The van der Waals surface area contributed by atoms with Crippen molar-refractivity contribution in [1.29, 1.82) is 0 Å². The molecule has 0 aliphatic rings. The van der Waals surface area contributed by atoms with E-state index in [2.05, 4.69) is 15.0 Å². The summed E-state index contributed by atoms with van der Waals surface area (Å²) in [5, 5.41) is 7.12. The number of methoxy groups -OCH3 is 1. The largest absolute Gasteiger partial charge is 0.464 e. The molecule has 0 atom stereocenters. The molecule has 0 bridgehead atoms. The lowest BCUT2D eigenvalue weighted by Crippen LogP contribution is -2.21. The van der Waals surface area contributed by atoms with Crippen LogP contribution in [0, 0.1) is 0 Å². The first kappa shape index (κ1) is 15.1. The summed E-state index contributed by atoms with van der Waals surface area (Å²) in [6.07, 6.45) is 1.07. The first-order chi connectivity index (χ1) is 8.84. The lowest BCUT2D eigenvalue weighted by atomic mass is 10.5. The van der Waals surface area contributed by atoms with Crippen molar-refractivity contribution in [3.63, 3.8) is 0 Å². The van der Waals surface area contributed by atoms with Crippen LogP contribution in [0.2, 0.25) is 0 Å². The highest BCUT2D eigenvalue weighted by atomic mass is 32.2. The third kappa shape index (κ3) is 5.04. The Hall–Kier alpha value is -1.97. The second kappa shape index (κ2) is 6.27. The Bertz CT molecular complexity index is 565. The van der Waals surface area contributed by atoms with Crippen molar-refractivity contribution < 1.29 is 22.7 Å². The normalized spacial score (nSPS) is 11.2. The number of carbonyl (C=O) groups is 2. The first-order valence-electron chi connectivity index (χ1n) is 5.31. The van der Waals surface area contributed by atoms with Gasteiger partial charge in [0.25, 0.3) is 0 Å². The van der Waals surface area contributed by atoms with Crippen molar-refractivity contribution in [2.24, 2.45) is 5.73 Å². The van der Waals surface area contributed by atoms with E-state index in [0.717, 1.165) is 0 Å². The molecule has 1 amide bonds. The number of amides is 1. The second-order valence-electron chi connectivity index (χ2n) is 3.73. The van der Waals surface area contributed by atoms with Crippen molar-refractivity contribution in [3.8, 4) is 0 Å². The number of nitrogens with zero attached hydrogens (tertiary/aromatic N) is 3. The van der Waals surface area contributed by atoms with Gasteiger partial charge in [0.15, 0.2) is 15.5 Å². The molecule has 0 aliphatic carbocycles. The van der Waals surface area contributed by atoms with Gasteiger partial charge in [-0.2, -0.15) is 0 Å². The molecule has 0 aliphatic heterocycles. The number of primary amides is 1. The molecule has 1 rings (SSSR count). The fourth-order valence-corrected chi connectivity index (χ4v) is 2.38. The van der Waals surface area contributed by atoms with Gasteiger partial charge in [-0.15, -0.1) is 5.10 Å². The average Bonchev–Trinajstić information content (AvgIpc) is 2.82. The topological polar surface area (TPSA) is 134 Å². The second-order valence-corrected chi connectivity index (χ2v) is 6.03. The van der Waals surface area contributed by atoms with Crippen LogP contribution in [0.25, 0.3) is 0 Å². The predicted octanol–water partition coefficient (Wildman–Crippen LogP) is -1.65. The fraction of sp³-hybridized carbons (Fsp3) is 0.556. The van der Waals surface area contributed by atoms with Crippen LogP contribution in [0.1, 0.15) is 16.9 Å². The Kier molecular flexibility index (Phi) is 4.98. The van der Waals surface area contributed by atoms with E-state index < -0.39 is 21.7 Å². The van der Waals surface area contributed by atoms with Crippen LogP contribution >= 0.6 is 0 Å². The van der Waals surface area contributed by atoms with E-state index >= 15 is 0 Å². The third-order valence-corrected chi connectivity index (χ3v) is 3.85. The van der Waals surface area contributed by atoms with Gasteiger partial charge in [0, 0.05) is 6.42 Å². The number of sulfone groups is 1. The number of rotatable bonds is 7. The van der Waals surface area contributed by atoms with Gasteiger partial charge in [0.2, 0.25) is 5.91 Å². The highest BCUT2D eigenvalue weighted by Gasteiger charge is 2.15. The zero-order chi connectivity index (χ0) is 14.5. The van der Waals surface area contributed by atoms with Gasteiger partial charge in [0.1, 0.15) is 0 Å². The summed E-state index contributed by atoms with van der Waals surface area (Å²) in [7, 11) is -2.19. The van der Waals surface area contributed by atoms with Gasteiger partial charge in [-0.25, -0.2) is 13.2 Å². The van der Waals surface area contributed by atoms with Gasteiger partial charge in [-0.05, 0) is 0 Å². The molecule has 2 N–H and O–H groups in total. The third-order valence-electron chi connectivity index (χ3n) is 2.22. The van der Waals surface area contributed by atoms with Crippen molar-refractivity contribution in [3.05, 3.63) is 11.9 Å². The zero-order valence-corrected chi connectivity index (χ0v) is 11.1. The number of aryl methyl sites for hydroxylation is 1. The van der Waals surface area contributed by atoms with Gasteiger partial charge in [-0.3, -0.25) is 9.48 Å². The maximum atomic E-state index is 11.5. The molecule has 106 valence electrons. The lowest BCUT2D eigenvalue weighted by molar-refractivity contribution is -0.117. The van der Waals surface area contributed by atoms with Crippen LogP contribution < -0.4 is 5.73 Å². The standard InChI is InChI=1S/C9H14N4O5S/c1-18-9(15)7-6-13(12-11-7)3-5-19(16,17)4-2-8(10)14/h6H,2-5H2,1H3,(H2,10,14). The summed E-state index contributed by atoms with van der Waals surface area (Å²) >= 11 is 0. The highest BCUT2D eigenvalue weighted by molar-refractivity contribution is 7.91. The Morgan fingerprint density at radius 2 is 2.11 bits per heavy atom. The van der Waals surface area contributed by atoms with E-state index in [0.29, 0.717) is 0 Å². The van der Waals surface area contributed by atoms with Crippen LogP contribution in [0.5, 0.6) is 0 Å². The van der Waals surface area contributed by atoms with Crippen LogP contribution in [-0.4, -0.2) is 53.9 Å². The molecule has 1 aromatic heterocycles. The molecule has 0 fully saturated rings. The molecule has 0 radical (unpaired) electrons. The number of nitrogens with two attached hydrogens (primary N) is 1. The summed E-state index contributed by atoms with van der Waals surface area (Å²) in [4.78, 5) is 21.6. The van der Waals surface area contributed by atoms with Gasteiger partial charge in [0.05, 0.1) is 31.4 Å². The van der Waals surface area contributed by atoms with E-state index in [1.165, 1.54) is 18.0 Å². The van der Waals surface area contributed by atoms with Crippen molar-refractivity contribution >= 4 is 21.7 Å². The minimum Gasteiger partial charge on any atom is -0.464 e. The number of hydrogen-bond donors (Lipinski definition) is 1. The zero-order valence-electron chi connectivity index (χ0n) is 10.3. The van der Waals surface area contributed by atoms with Crippen molar-refractivity contribution in [1.82, 2.24) is 15.0 Å². The summed E-state index contributed by atoms with van der Waals surface area (Å²) in [5.74, 6) is -1.84. The molecule has 1 heterocycles. The molecule has 1 aromatic rings. The Balaban J connectivity index is 2.54. The summed E-state index contributed by atoms with van der Waals surface area (Å²) in [5.41, 5.74) is 4.87. The number of hydrogen-bond acceptors (Lipinski definition) is 7. The van der Waals surface area contributed by atoms with E-state index in [-0.39, 0.29) is 30.2 Å². The first-order valence-corrected chi connectivity index (χ1v) is 7.13. The highest BCUT2D eigenvalue weighted by Crippen LogP contribution is 1.99. The van der Waals surface area contributed by atoms with Crippen LogP contribution in [0.3, 0.4) is 0 Å². The smallest absolute Gasteiger partial charge is 0.360 e. The summed E-state index contributed by atoms with van der Waals surface area (Å²) in [6.45, 7) is 0.0328. The van der Waals surface area contributed by atoms with E-state index in [1.54, 1.807) is 0 Å². The minimum absolute atomic E-state index is 0.00275. The molecule has 0 unspecified atom stereocenters. The SMILES string of the molecule is COC(=O)c1cn(CCS(=O)(=O)CCC(N)=O)nn1. The van der Waals surface area contributed by atoms with Gasteiger partial charge >= 0.3 is 5.97 Å². The molecule has 0 saturated carbocycles. The Morgan fingerprint density at radius 1 is 1.42 bits per heavy atom. The number of aromatic nitrogens is 3. The number of esters is 1. The molecule has 0 aromatic carbocycles. The number of ether oxygens (including phenoxy) is 1. The Morgan fingerprint density at radius 3 is 2.68 bits per heavy atom. The maximum Gasteiger partial charge on any atom is 0.360 e. The fourth-order valence-electron chi connectivity index (χ4n) is 1.20. The van der Waals surface area contributed by atoms with Crippen LogP contribution in [0.4, 0.5) is 0 Å². The quantitative estimate of drug-likeness (QED) is 0.595. The lowest BCUT2D eigenvalue weighted by Gasteiger charge is -2.02.